The quantitative estimate of drug-likeness (QED) is 0.159. The van der Waals surface area contributed by atoms with Gasteiger partial charge in [-0.1, -0.05) is 42.5 Å². The van der Waals surface area contributed by atoms with E-state index in [2.05, 4.69) is 11.3 Å². The fourth-order valence-corrected chi connectivity index (χ4v) is 3.58. The van der Waals surface area contributed by atoms with Crippen LogP contribution in [0.2, 0.25) is 0 Å². The Morgan fingerprint density at radius 1 is 1.03 bits per heavy atom. The van der Waals surface area contributed by atoms with Crippen LogP contribution in [0.25, 0.3) is 0 Å². The van der Waals surface area contributed by atoms with Crippen LogP contribution in [0, 0.1) is 17.2 Å². The number of hydrogen-bond donors (Lipinski definition) is 1. The van der Waals surface area contributed by atoms with Crippen LogP contribution in [0.3, 0.4) is 0 Å². The summed E-state index contributed by atoms with van der Waals surface area (Å²) in [5, 5.41) is 8.06. The van der Waals surface area contributed by atoms with Crippen molar-refractivity contribution >= 4 is 11.9 Å². The Bertz CT molecular complexity index is 774. The van der Waals surface area contributed by atoms with Gasteiger partial charge in [0.05, 0.1) is 20.3 Å². The Balaban J connectivity index is 1.63. The zero-order valence-electron chi connectivity index (χ0n) is 18.8. The van der Waals surface area contributed by atoms with Crippen molar-refractivity contribution in [3.8, 4) is 0 Å². The zero-order chi connectivity index (χ0) is 22.5. The number of rotatable bonds is 11. The fourth-order valence-electron chi connectivity index (χ4n) is 3.58. The molecule has 168 valence electrons. The van der Waals surface area contributed by atoms with Crippen molar-refractivity contribution in [1.82, 2.24) is 0 Å². The minimum Gasteiger partial charge on any atom is -0.494 e. The summed E-state index contributed by atoms with van der Waals surface area (Å²) >= 11 is 0. The highest BCUT2D eigenvalue weighted by atomic mass is 16.5. The molecule has 0 aromatic heterocycles. The summed E-state index contributed by atoms with van der Waals surface area (Å²) in [5.74, 6) is 1.70. The van der Waals surface area contributed by atoms with Crippen LogP contribution in [0.1, 0.15) is 51.0 Å². The van der Waals surface area contributed by atoms with Crippen molar-refractivity contribution in [2.24, 2.45) is 11.8 Å². The van der Waals surface area contributed by atoms with Gasteiger partial charge in [0.15, 0.2) is 0 Å². The van der Waals surface area contributed by atoms with Crippen LogP contribution < -0.4 is 0 Å². The number of hydrogen-bond acceptors (Lipinski definition) is 5. The third-order valence-electron chi connectivity index (χ3n) is 5.67. The first-order valence-corrected chi connectivity index (χ1v) is 11.0. The third kappa shape index (κ3) is 9.24. The predicted octanol–water partition coefficient (Wildman–Crippen LogP) is 5.82. The summed E-state index contributed by atoms with van der Waals surface area (Å²) in [5.41, 5.74) is 1.87. The van der Waals surface area contributed by atoms with Crippen LogP contribution in [0.5, 0.6) is 0 Å². The molecule has 2 rings (SSSR count). The van der Waals surface area contributed by atoms with E-state index in [-0.39, 0.29) is 11.9 Å². The summed E-state index contributed by atoms with van der Waals surface area (Å²) in [6.07, 6.45) is 11.2. The molecule has 1 aliphatic rings. The van der Waals surface area contributed by atoms with Crippen LogP contribution in [-0.4, -0.2) is 32.2 Å². The maximum atomic E-state index is 11.3. The Hall–Kier alpha value is -2.82. The van der Waals surface area contributed by atoms with Gasteiger partial charge in [-0.25, -0.2) is 0 Å². The second-order valence-electron chi connectivity index (χ2n) is 7.94. The largest absolute Gasteiger partial charge is 0.494 e. The van der Waals surface area contributed by atoms with Crippen LogP contribution in [0.15, 0.2) is 66.5 Å². The monoisotopic (exact) mass is 425 g/mol. The second kappa shape index (κ2) is 13.5. The highest BCUT2D eigenvalue weighted by Gasteiger charge is 2.22. The molecule has 5 heteroatoms. The summed E-state index contributed by atoms with van der Waals surface area (Å²) < 4.78 is 16.2. The SMILES string of the molecule is C=C(/C=C\C(=C/C)CCC(=O)OC)OCC1CCC(COC(=N)c2ccccc2)CC1. The van der Waals surface area contributed by atoms with Gasteiger partial charge in [-0.05, 0) is 69.1 Å². The molecule has 5 nitrogen and oxygen atoms in total. The van der Waals surface area contributed by atoms with Gasteiger partial charge in [0.2, 0.25) is 5.90 Å². The molecule has 0 aliphatic heterocycles. The molecule has 0 atom stereocenters. The smallest absolute Gasteiger partial charge is 0.305 e. The molecule has 1 N–H and O–H groups in total. The Labute approximate surface area is 186 Å². The molecule has 1 fully saturated rings. The Morgan fingerprint density at radius 3 is 2.23 bits per heavy atom. The Kier molecular flexibility index (Phi) is 10.6. The lowest BCUT2D eigenvalue weighted by Crippen LogP contribution is -2.22. The molecule has 0 bridgehead atoms. The average molecular weight is 426 g/mol. The Morgan fingerprint density at radius 2 is 1.65 bits per heavy atom. The van der Waals surface area contributed by atoms with Crippen molar-refractivity contribution in [3.05, 3.63) is 72.0 Å². The minimum atomic E-state index is -0.208. The lowest BCUT2D eigenvalue weighted by molar-refractivity contribution is -0.140. The van der Waals surface area contributed by atoms with Crippen molar-refractivity contribution in [1.29, 1.82) is 5.41 Å². The van der Waals surface area contributed by atoms with E-state index in [1.165, 1.54) is 7.11 Å². The van der Waals surface area contributed by atoms with Crippen molar-refractivity contribution in [3.63, 3.8) is 0 Å². The molecular weight excluding hydrogens is 390 g/mol. The first kappa shape index (κ1) is 24.4. The fraction of sp³-hybridized carbons (Fsp3) is 0.462. The maximum absolute atomic E-state index is 11.3. The number of ether oxygens (including phenoxy) is 3. The molecule has 31 heavy (non-hydrogen) atoms. The van der Waals surface area contributed by atoms with E-state index in [0.29, 0.717) is 43.7 Å². The summed E-state index contributed by atoms with van der Waals surface area (Å²) in [7, 11) is 1.40. The second-order valence-corrected chi connectivity index (χ2v) is 7.94. The summed E-state index contributed by atoms with van der Waals surface area (Å²) in [6, 6.07) is 9.58. The van der Waals surface area contributed by atoms with Crippen molar-refractivity contribution in [2.45, 2.75) is 45.4 Å². The van der Waals surface area contributed by atoms with Crippen LogP contribution >= 0.6 is 0 Å². The van der Waals surface area contributed by atoms with Gasteiger partial charge < -0.3 is 14.2 Å². The van der Waals surface area contributed by atoms with Gasteiger partial charge in [0.25, 0.3) is 0 Å². The maximum Gasteiger partial charge on any atom is 0.305 e. The van der Waals surface area contributed by atoms with Gasteiger partial charge in [-0.15, -0.1) is 0 Å². The summed E-state index contributed by atoms with van der Waals surface area (Å²) in [4.78, 5) is 11.3. The number of nitrogens with one attached hydrogen (secondary N) is 1. The highest BCUT2D eigenvalue weighted by Crippen LogP contribution is 2.29. The standard InChI is InChI=1S/C26H35NO4/c1-4-21(16-17-25(28)29-3)11-10-20(2)30-18-22-12-14-23(15-13-22)19-31-26(27)24-8-6-5-7-9-24/h4-11,22-23,27H,2,12-19H2,1,3H3/b11-10-,21-4+,27-26?. The number of methoxy groups -OCH3 is 1. The molecule has 1 aromatic carbocycles. The van der Waals surface area contributed by atoms with Gasteiger partial charge >= 0.3 is 5.97 Å². The number of carbonyl (C=O) groups is 1. The number of carbonyl (C=O) groups excluding carboxylic acids is 1. The third-order valence-corrected chi connectivity index (χ3v) is 5.67. The first-order valence-electron chi connectivity index (χ1n) is 11.0. The normalized spacial score (nSPS) is 19.1. The average Bonchev–Trinajstić information content (AvgIpc) is 2.82. The van der Waals surface area contributed by atoms with Gasteiger partial charge in [0, 0.05) is 12.0 Å². The number of allylic oxidation sites excluding steroid dienone is 4. The van der Waals surface area contributed by atoms with Gasteiger partial charge in [-0.2, -0.15) is 0 Å². The topological polar surface area (TPSA) is 68.6 Å². The molecule has 0 spiro atoms. The van der Waals surface area contributed by atoms with E-state index in [0.717, 1.165) is 36.8 Å². The van der Waals surface area contributed by atoms with Crippen molar-refractivity contribution < 1.29 is 19.0 Å². The molecule has 0 radical (unpaired) electrons. The van der Waals surface area contributed by atoms with Crippen LogP contribution in [0.4, 0.5) is 0 Å². The van der Waals surface area contributed by atoms with Crippen LogP contribution in [-0.2, 0) is 19.0 Å². The molecule has 0 unspecified atom stereocenters. The number of esters is 1. The zero-order valence-corrected chi connectivity index (χ0v) is 18.8. The van der Waals surface area contributed by atoms with Gasteiger partial charge in [-0.3, -0.25) is 10.2 Å². The van der Waals surface area contributed by atoms with E-state index in [4.69, 9.17) is 14.9 Å². The summed E-state index contributed by atoms with van der Waals surface area (Å²) in [6.45, 7) is 7.20. The minimum absolute atomic E-state index is 0.208. The van der Waals surface area contributed by atoms with Crippen molar-refractivity contribution in [2.75, 3.05) is 20.3 Å². The van der Waals surface area contributed by atoms with E-state index in [1.54, 1.807) is 0 Å². The molecule has 1 saturated carbocycles. The molecule has 0 amide bonds. The first-order chi connectivity index (χ1) is 15.0. The van der Waals surface area contributed by atoms with E-state index in [9.17, 15) is 4.79 Å². The number of benzene rings is 1. The predicted molar refractivity (Wildman–Crippen MR) is 124 cm³/mol. The highest BCUT2D eigenvalue weighted by molar-refractivity contribution is 5.91. The molecule has 0 heterocycles. The molecule has 1 aromatic rings. The molecule has 0 saturated heterocycles. The molecular formula is C26H35NO4. The van der Waals surface area contributed by atoms with E-state index in [1.807, 2.05) is 55.5 Å². The molecule has 1 aliphatic carbocycles. The van der Waals surface area contributed by atoms with E-state index >= 15 is 0 Å². The van der Waals surface area contributed by atoms with Gasteiger partial charge in [0.1, 0.15) is 5.76 Å². The van der Waals surface area contributed by atoms with E-state index < -0.39 is 0 Å². The lowest BCUT2D eigenvalue weighted by Gasteiger charge is -2.28. The lowest BCUT2D eigenvalue weighted by atomic mass is 9.83.